The Balaban J connectivity index is 1.46. The first-order valence-electron chi connectivity index (χ1n) is 9.98. The minimum absolute atomic E-state index is 0.366. The van der Waals surface area contributed by atoms with Gasteiger partial charge in [0.2, 0.25) is 5.95 Å². The number of nitrogens with zero attached hydrogens (tertiary/aromatic N) is 1. The first-order chi connectivity index (χ1) is 11.7. The Morgan fingerprint density at radius 3 is 2.17 bits per heavy atom. The van der Waals surface area contributed by atoms with Crippen LogP contribution in [0.15, 0.2) is 12.3 Å². The molecule has 0 N–H and O–H groups in total. The lowest BCUT2D eigenvalue weighted by molar-refractivity contribution is 0.155. The molecule has 0 aromatic carbocycles. The molecular formula is C21H31F2N. The Morgan fingerprint density at radius 2 is 1.58 bits per heavy atom. The smallest absolute Gasteiger partial charge is 0.225 e. The summed E-state index contributed by atoms with van der Waals surface area (Å²) in [6.07, 6.45) is 16.1. The lowest BCUT2D eigenvalue weighted by atomic mass is 9.68. The zero-order chi connectivity index (χ0) is 16.9. The third-order valence-electron chi connectivity index (χ3n) is 6.58. The molecular weight excluding hydrogens is 304 g/mol. The predicted octanol–water partition coefficient (Wildman–Crippen LogP) is 6.63. The SMILES string of the molecule is CCCC[C@H]1CC[C@H](C2CCC(c3cnc(F)c(F)c3)CC2)CC1. The van der Waals surface area contributed by atoms with Gasteiger partial charge < -0.3 is 0 Å². The van der Waals surface area contributed by atoms with Crippen molar-refractivity contribution in [2.75, 3.05) is 0 Å². The molecule has 0 saturated heterocycles. The molecule has 0 amide bonds. The molecule has 3 heteroatoms. The monoisotopic (exact) mass is 335 g/mol. The molecule has 1 nitrogen and oxygen atoms in total. The van der Waals surface area contributed by atoms with Crippen molar-refractivity contribution in [2.45, 2.75) is 83.5 Å². The van der Waals surface area contributed by atoms with Crippen LogP contribution in [0, 0.1) is 29.5 Å². The molecule has 24 heavy (non-hydrogen) atoms. The van der Waals surface area contributed by atoms with Crippen LogP contribution in [0.1, 0.15) is 89.0 Å². The second-order valence-corrected chi connectivity index (χ2v) is 8.08. The Kier molecular flexibility index (Phi) is 6.24. The van der Waals surface area contributed by atoms with Crippen LogP contribution in [0.25, 0.3) is 0 Å². The molecule has 0 bridgehead atoms. The molecule has 2 aliphatic rings. The number of unbranched alkanes of at least 4 members (excludes halogenated alkanes) is 1. The first kappa shape index (κ1) is 17.8. The molecule has 0 radical (unpaired) electrons. The van der Waals surface area contributed by atoms with Gasteiger partial charge >= 0.3 is 0 Å². The quantitative estimate of drug-likeness (QED) is 0.550. The van der Waals surface area contributed by atoms with Gasteiger partial charge in [0, 0.05) is 6.20 Å². The maximum Gasteiger partial charge on any atom is 0.248 e. The minimum atomic E-state index is -0.979. The molecule has 134 valence electrons. The highest BCUT2D eigenvalue weighted by atomic mass is 19.2. The van der Waals surface area contributed by atoms with E-state index in [2.05, 4.69) is 11.9 Å². The molecule has 0 aliphatic heterocycles. The van der Waals surface area contributed by atoms with E-state index in [4.69, 9.17) is 0 Å². The Morgan fingerprint density at radius 1 is 0.958 bits per heavy atom. The molecule has 2 fully saturated rings. The van der Waals surface area contributed by atoms with Crippen LogP contribution in [-0.2, 0) is 0 Å². The fourth-order valence-corrected chi connectivity index (χ4v) is 5.02. The number of pyridine rings is 1. The molecule has 2 aliphatic carbocycles. The predicted molar refractivity (Wildman–Crippen MR) is 93.8 cm³/mol. The van der Waals surface area contributed by atoms with Gasteiger partial charge in [-0.1, -0.05) is 39.0 Å². The lowest BCUT2D eigenvalue weighted by Crippen LogP contribution is -2.25. The number of hydrogen-bond donors (Lipinski definition) is 0. The van der Waals surface area contributed by atoms with Crippen molar-refractivity contribution in [3.63, 3.8) is 0 Å². The van der Waals surface area contributed by atoms with E-state index >= 15 is 0 Å². The van der Waals surface area contributed by atoms with Gasteiger partial charge in [-0.25, -0.2) is 9.37 Å². The Labute approximate surface area is 145 Å². The average molecular weight is 335 g/mol. The molecule has 1 heterocycles. The highest BCUT2D eigenvalue weighted by Crippen LogP contribution is 2.44. The maximum atomic E-state index is 13.4. The van der Waals surface area contributed by atoms with Crippen LogP contribution in [0.5, 0.6) is 0 Å². The van der Waals surface area contributed by atoms with Gasteiger partial charge in [0.25, 0.3) is 0 Å². The normalized spacial score (nSPS) is 31.1. The van der Waals surface area contributed by atoms with Gasteiger partial charge in [0.1, 0.15) is 0 Å². The van der Waals surface area contributed by atoms with E-state index in [-0.39, 0.29) is 0 Å². The van der Waals surface area contributed by atoms with Gasteiger partial charge in [-0.3, -0.25) is 0 Å². The molecule has 0 atom stereocenters. The van der Waals surface area contributed by atoms with Gasteiger partial charge in [-0.05, 0) is 73.8 Å². The summed E-state index contributed by atoms with van der Waals surface area (Å²) in [5, 5.41) is 0. The largest absolute Gasteiger partial charge is 0.248 e. The van der Waals surface area contributed by atoms with Crippen molar-refractivity contribution in [3.8, 4) is 0 Å². The van der Waals surface area contributed by atoms with E-state index in [1.54, 1.807) is 0 Å². The summed E-state index contributed by atoms with van der Waals surface area (Å²) in [6, 6.07) is 1.35. The third-order valence-corrected chi connectivity index (χ3v) is 6.58. The summed E-state index contributed by atoms with van der Waals surface area (Å²) < 4.78 is 26.4. The fraction of sp³-hybridized carbons (Fsp3) is 0.762. The van der Waals surface area contributed by atoms with Crippen LogP contribution in [0.2, 0.25) is 0 Å². The number of halogens is 2. The van der Waals surface area contributed by atoms with Gasteiger partial charge in [-0.15, -0.1) is 0 Å². The molecule has 0 unspecified atom stereocenters. The average Bonchev–Trinajstić information content (AvgIpc) is 2.63. The van der Waals surface area contributed by atoms with E-state index < -0.39 is 11.8 Å². The second-order valence-electron chi connectivity index (χ2n) is 8.08. The zero-order valence-electron chi connectivity index (χ0n) is 14.9. The topological polar surface area (TPSA) is 12.9 Å². The molecule has 1 aromatic heterocycles. The molecule has 0 spiro atoms. The second kappa shape index (κ2) is 8.40. The van der Waals surface area contributed by atoms with Crippen molar-refractivity contribution in [1.82, 2.24) is 4.98 Å². The van der Waals surface area contributed by atoms with E-state index in [9.17, 15) is 8.78 Å². The van der Waals surface area contributed by atoms with Crippen molar-refractivity contribution < 1.29 is 8.78 Å². The summed E-state index contributed by atoms with van der Waals surface area (Å²) in [5.41, 5.74) is 0.885. The van der Waals surface area contributed by atoms with E-state index in [1.807, 2.05) is 0 Å². The summed E-state index contributed by atoms with van der Waals surface area (Å²) in [5.74, 6) is 1.32. The number of hydrogen-bond acceptors (Lipinski definition) is 1. The number of aromatic nitrogens is 1. The summed E-state index contributed by atoms with van der Waals surface area (Å²) in [6.45, 7) is 2.28. The van der Waals surface area contributed by atoms with Gasteiger partial charge in [-0.2, -0.15) is 4.39 Å². The first-order valence-corrected chi connectivity index (χ1v) is 9.98. The van der Waals surface area contributed by atoms with Gasteiger partial charge in [0.05, 0.1) is 0 Å². The van der Waals surface area contributed by atoms with Crippen LogP contribution in [0.3, 0.4) is 0 Å². The van der Waals surface area contributed by atoms with E-state index in [0.717, 1.165) is 36.2 Å². The fourth-order valence-electron chi connectivity index (χ4n) is 5.02. The standard InChI is InChI=1S/C21H31F2N/c1-2-3-4-15-5-7-16(8-6-15)17-9-11-18(12-10-17)19-13-20(22)21(23)24-14-19/h13-18H,2-12H2,1H3/t15-,16-,17?,18?. The maximum absolute atomic E-state index is 13.4. The molecule has 1 aromatic rings. The van der Waals surface area contributed by atoms with E-state index in [1.165, 1.54) is 70.1 Å². The van der Waals surface area contributed by atoms with Crippen LogP contribution < -0.4 is 0 Å². The third kappa shape index (κ3) is 4.34. The van der Waals surface area contributed by atoms with Crippen molar-refractivity contribution in [3.05, 3.63) is 29.6 Å². The molecule has 3 rings (SSSR count). The van der Waals surface area contributed by atoms with Crippen molar-refractivity contribution >= 4 is 0 Å². The number of rotatable bonds is 5. The minimum Gasteiger partial charge on any atom is -0.225 e. The zero-order valence-corrected chi connectivity index (χ0v) is 14.9. The van der Waals surface area contributed by atoms with E-state index in [0.29, 0.717) is 5.92 Å². The van der Waals surface area contributed by atoms with Crippen LogP contribution >= 0.6 is 0 Å². The summed E-state index contributed by atoms with van der Waals surface area (Å²) >= 11 is 0. The van der Waals surface area contributed by atoms with Crippen LogP contribution in [-0.4, -0.2) is 4.98 Å². The van der Waals surface area contributed by atoms with Crippen LogP contribution in [0.4, 0.5) is 8.78 Å². The van der Waals surface area contributed by atoms with Gasteiger partial charge in [0.15, 0.2) is 5.82 Å². The summed E-state index contributed by atoms with van der Waals surface area (Å²) in [4.78, 5) is 3.55. The Bertz CT molecular complexity index is 515. The lowest BCUT2D eigenvalue weighted by Gasteiger charge is -2.38. The Hall–Kier alpha value is -0.990. The highest BCUT2D eigenvalue weighted by Gasteiger charge is 2.31. The summed E-state index contributed by atoms with van der Waals surface area (Å²) in [7, 11) is 0. The molecule has 2 saturated carbocycles. The van der Waals surface area contributed by atoms with Crippen molar-refractivity contribution in [2.24, 2.45) is 17.8 Å². The highest BCUT2D eigenvalue weighted by molar-refractivity contribution is 5.17. The van der Waals surface area contributed by atoms with Crippen molar-refractivity contribution in [1.29, 1.82) is 0 Å².